The Labute approximate surface area is 96.5 Å². The van der Waals surface area contributed by atoms with E-state index in [9.17, 15) is 8.42 Å². The SMILES string of the molecule is CNCCCS(=O)(=O)c1ccccc1OC. The Morgan fingerprint density at radius 2 is 2.00 bits per heavy atom. The monoisotopic (exact) mass is 243 g/mol. The summed E-state index contributed by atoms with van der Waals surface area (Å²) in [5.41, 5.74) is 0. The summed E-state index contributed by atoms with van der Waals surface area (Å²) < 4.78 is 29.0. The minimum Gasteiger partial charge on any atom is -0.495 e. The predicted octanol–water partition coefficient (Wildman–Crippen LogP) is 1.08. The van der Waals surface area contributed by atoms with Crippen molar-refractivity contribution in [3.05, 3.63) is 24.3 Å². The first-order chi connectivity index (χ1) is 7.61. The lowest BCUT2D eigenvalue weighted by atomic mass is 10.3. The Bertz CT molecular complexity index is 429. The van der Waals surface area contributed by atoms with Gasteiger partial charge >= 0.3 is 0 Å². The molecule has 0 aromatic heterocycles. The lowest BCUT2D eigenvalue weighted by molar-refractivity contribution is 0.402. The second-order valence-electron chi connectivity index (χ2n) is 3.43. The molecule has 0 aliphatic heterocycles. The van der Waals surface area contributed by atoms with Crippen LogP contribution in [0.15, 0.2) is 29.2 Å². The molecular formula is C11H17NO3S. The second kappa shape index (κ2) is 5.86. The van der Waals surface area contributed by atoms with Crippen LogP contribution in [0, 0.1) is 0 Å². The highest BCUT2D eigenvalue weighted by Crippen LogP contribution is 2.24. The number of ether oxygens (including phenoxy) is 1. The molecular weight excluding hydrogens is 226 g/mol. The van der Waals surface area contributed by atoms with Crippen LogP contribution in [0.5, 0.6) is 5.75 Å². The molecule has 0 saturated carbocycles. The molecule has 90 valence electrons. The number of rotatable bonds is 6. The fraction of sp³-hybridized carbons (Fsp3) is 0.455. The van der Waals surface area contributed by atoms with Crippen LogP contribution in [0.1, 0.15) is 6.42 Å². The number of methoxy groups -OCH3 is 1. The smallest absolute Gasteiger partial charge is 0.182 e. The van der Waals surface area contributed by atoms with Crippen LogP contribution in [0.3, 0.4) is 0 Å². The van der Waals surface area contributed by atoms with Crippen LogP contribution >= 0.6 is 0 Å². The number of para-hydroxylation sites is 1. The first-order valence-corrected chi connectivity index (χ1v) is 6.77. The van der Waals surface area contributed by atoms with Gasteiger partial charge in [-0.1, -0.05) is 12.1 Å². The second-order valence-corrected chi connectivity index (χ2v) is 5.50. The van der Waals surface area contributed by atoms with Crippen molar-refractivity contribution in [1.82, 2.24) is 5.32 Å². The van der Waals surface area contributed by atoms with Gasteiger partial charge in [0.25, 0.3) is 0 Å². The van der Waals surface area contributed by atoms with Crippen LogP contribution in [0.4, 0.5) is 0 Å². The van der Waals surface area contributed by atoms with Crippen molar-refractivity contribution in [2.75, 3.05) is 26.5 Å². The molecule has 0 fully saturated rings. The van der Waals surface area contributed by atoms with Crippen LogP contribution in [-0.2, 0) is 9.84 Å². The van der Waals surface area contributed by atoms with E-state index in [0.29, 0.717) is 18.7 Å². The quantitative estimate of drug-likeness (QED) is 0.760. The molecule has 1 aromatic rings. The van der Waals surface area contributed by atoms with Crippen molar-refractivity contribution in [3.8, 4) is 5.75 Å². The summed E-state index contributed by atoms with van der Waals surface area (Å²) in [7, 11) is 0.0352. The van der Waals surface area contributed by atoms with E-state index in [4.69, 9.17) is 4.74 Å². The van der Waals surface area contributed by atoms with Gasteiger partial charge in [-0.3, -0.25) is 0 Å². The predicted molar refractivity (Wildman–Crippen MR) is 63.6 cm³/mol. The molecule has 0 radical (unpaired) electrons. The van der Waals surface area contributed by atoms with Gasteiger partial charge in [0.15, 0.2) is 9.84 Å². The van der Waals surface area contributed by atoms with Crippen molar-refractivity contribution in [3.63, 3.8) is 0 Å². The van der Waals surface area contributed by atoms with E-state index in [1.54, 1.807) is 31.3 Å². The van der Waals surface area contributed by atoms with Gasteiger partial charge in [0.05, 0.1) is 12.9 Å². The van der Waals surface area contributed by atoms with E-state index in [1.807, 2.05) is 0 Å². The van der Waals surface area contributed by atoms with Gasteiger partial charge in [-0.15, -0.1) is 0 Å². The first kappa shape index (κ1) is 13.0. The largest absolute Gasteiger partial charge is 0.495 e. The number of benzene rings is 1. The summed E-state index contributed by atoms with van der Waals surface area (Å²) in [5.74, 6) is 0.542. The molecule has 0 saturated heterocycles. The standard InChI is InChI=1S/C11H17NO3S/c1-12-8-5-9-16(13,14)11-7-4-3-6-10(11)15-2/h3-4,6-7,12H,5,8-9H2,1-2H3. The molecule has 0 aliphatic carbocycles. The van der Waals surface area contributed by atoms with Gasteiger partial charge in [-0.25, -0.2) is 8.42 Å². The van der Waals surface area contributed by atoms with Crippen LogP contribution in [-0.4, -0.2) is 34.9 Å². The lowest BCUT2D eigenvalue weighted by Crippen LogP contribution is -2.15. The van der Waals surface area contributed by atoms with Gasteiger partial charge in [0.1, 0.15) is 10.6 Å². The molecule has 0 heterocycles. The van der Waals surface area contributed by atoms with Gasteiger partial charge < -0.3 is 10.1 Å². The molecule has 4 nitrogen and oxygen atoms in total. The minimum absolute atomic E-state index is 0.133. The summed E-state index contributed by atoms with van der Waals surface area (Å²) in [6.45, 7) is 0.689. The van der Waals surface area contributed by atoms with E-state index in [0.717, 1.165) is 0 Å². The van der Waals surface area contributed by atoms with E-state index >= 15 is 0 Å². The van der Waals surface area contributed by atoms with Gasteiger partial charge in [0.2, 0.25) is 0 Å². The lowest BCUT2D eigenvalue weighted by Gasteiger charge is -2.08. The van der Waals surface area contributed by atoms with Crippen LogP contribution in [0.2, 0.25) is 0 Å². The highest BCUT2D eigenvalue weighted by atomic mass is 32.2. The van der Waals surface area contributed by atoms with Crippen molar-refractivity contribution < 1.29 is 13.2 Å². The third kappa shape index (κ3) is 3.21. The number of hydrogen-bond acceptors (Lipinski definition) is 4. The fourth-order valence-electron chi connectivity index (χ4n) is 1.42. The summed E-state index contributed by atoms with van der Waals surface area (Å²) in [6.07, 6.45) is 0.594. The zero-order valence-electron chi connectivity index (χ0n) is 9.56. The van der Waals surface area contributed by atoms with Gasteiger partial charge in [0, 0.05) is 0 Å². The molecule has 1 N–H and O–H groups in total. The first-order valence-electron chi connectivity index (χ1n) is 5.12. The van der Waals surface area contributed by atoms with Crippen molar-refractivity contribution in [2.45, 2.75) is 11.3 Å². The maximum atomic E-state index is 12.0. The maximum absolute atomic E-state index is 12.0. The van der Waals surface area contributed by atoms with Crippen molar-refractivity contribution >= 4 is 9.84 Å². The molecule has 16 heavy (non-hydrogen) atoms. The molecule has 5 heteroatoms. The van der Waals surface area contributed by atoms with E-state index < -0.39 is 9.84 Å². The molecule has 0 amide bonds. The summed E-state index contributed by atoms with van der Waals surface area (Å²) in [4.78, 5) is 0.272. The Morgan fingerprint density at radius 3 is 2.62 bits per heavy atom. The molecule has 0 aliphatic rings. The van der Waals surface area contributed by atoms with E-state index in [-0.39, 0.29) is 10.6 Å². The summed E-state index contributed by atoms with van der Waals surface area (Å²) in [5, 5.41) is 2.92. The third-order valence-electron chi connectivity index (χ3n) is 2.24. The van der Waals surface area contributed by atoms with Crippen LogP contribution in [0.25, 0.3) is 0 Å². The fourth-order valence-corrected chi connectivity index (χ4v) is 2.91. The summed E-state index contributed by atoms with van der Waals surface area (Å²) in [6, 6.07) is 6.69. The van der Waals surface area contributed by atoms with Crippen LogP contribution < -0.4 is 10.1 Å². The Balaban J connectivity index is 2.89. The van der Waals surface area contributed by atoms with Crippen molar-refractivity contribution in [2.24, 2.45) is 0 Å². The van der Waals surface area contributed by atoms with Gasteiger partial charge in [-0.2, -0.15) is 0 Å². The normalized spacial score (nSPS) is 11.4. The molecule has 0 spiro atoms. The molecule has 1 rings (SSSR count). The minimum atomic E-state index is -3.24. The molecule has 0 atom stereocenters. The Morgan fingerprint density at radius 1 is 1.31 bits per heavy atom. The zero-order chi connectivity index (χ0) is 12.0. The molecule has 0 unspecified atom stereocenters. The van der Waals surface area contributed by atoms with Crippen molar-refractivity contribution in [1.29, 1.82) is 0 Å². The maximum Gasteiger partial charge on any atom is 0.182 e. The Hall–Kier alpha value is -1.07. The van der Waals surface area contributed by atoms with Gasteiger partial charge in [-0.05, 0) is 32.1 Å². The number of hydrogen-bond donors (Lipinski definition) is 1. The number of nitrogens with one attached hydrogen (secondary N) is 1. The summed E-state index contributed by atoms with van der Waals surface area (Å²) >= 11 is 0. The third-order valence-corrected chi connectivity index (χ3v) is 4.08. The average Bonchev–Trinajstić information content (AvgIpc) is 2.29. The number of sulfone groups is 1. The molecule has 1 aromatic carbocycles. The average molecular weight is 243 g/mol. The zero-order valence-corrected chi connectivity index (χ0v) is 10.4. The Kier molecular flexibility index (Phi) is 4.76. The molecule has 0 bridgehead atoms. The van der Waals surface area contributed by atoms with E-state index in [2.05, 4.69) is 5.32 Å². The topological polar surface area (TPSA) is 55.4 Å². The van der Waals surface area contributed by atoms with E-state index in [1.165, 1.54) is 7.11 Å². The highest BCUT2D eigenvalue weighted by Gasteiger charge is 2.18. The highest BCUT2D eigenvalue weighted by molar-refractivity contribution is 7.91.